The first-order valence-electron chi connectivity index (χ1n) is 6.95. The number of aromatic nitrogens is 1. The van der Waals surface area contributed by atoms with Gasteiger partial charge in [0.05, 0.1) is 16.9 Å². The molecule has 1 heterocycles. The molecule has 2 aromatic carbocycles. The van der Waals surface area contributed by atoms with E-state index in [9.17, 15) is 4.79 Å². The normalized spacial score (nSPS) is 14.5. The van der Waals surface area contributed by atoms with Crippen LogP contribution in [0.1, 0.15) is 11.1 Å². The van der Waals surface area contributed by atoms with Crippen LogP contribution in [-0.4, -0.2) is 11.0 Å². The third kappa shape index (κ3) is 2.07. The molecule has 0 amide bonds. The Balaban J connectivity index is 1.63. The van der Waals surface area contributed by atoms with E-state index in [1.54, 1.807) is 6.07 Å². The highest BCUT2D eigenvalue weighted by Crippen LogP contribution is 2.29. The summed E-state index contributed by atoms with van der Waals surface area (Å²) >= 11 is 0. The third-order valence-corrected chi connectivity index (χ3v) is 4.00. The van der Waals surface area contributed by atoms with Gasteiger partial charge in [-0.25, -0.2) is 4.79 Å². The van der Waals surface area contributed by atoms with Crippen LogP contribution < -0.4 is 16.8 Å². The van der Waals surface area contributed by atoms with Crippen molar-refractivity contribution in [2.75, 3.05) is 11.1 Å². The Labute approximate surface area is 120 Å². The smallest absolute Gasteiger partial charge is 0.408 e. The first-order chi connectivity index (χ1) is 10.2. The van der Waals surface area contributed by atoms with Crippen molar-refractivity contribution in [3.8, 4) is 0 Å². The predicted octanol–water partition coefficient (Wildman–Crippen LogP) is 2.28. The van der Waals surface area contributed by atoms with Gasteiger partial charge in [-0.15, -0.1) is 0 Å². The lowest BCUT2D eigenvalue weighted by Gasteiger charge is -2.15. The second-order valence-corrected chi connectivity index (χ2v) is 5.47. The molecule has 0 bridgehead atoms. The maximum Gasteiger partial charge on any atom is 0.417 e. The molecule has 0 fully saturated rings. The minimum atomic E-state index is -0.463. The van der Waals surface area contributed by atoms with E-state index in [1.807, 2.05) is 6.07 Å². The van der Waals surface area contributed by atoms with Crippen LogP contribution in [0.5, 0.6) is 0 Å². The van der Waals surface area contributed by atoms with Crippen LogP contribution in [0.2, 0.25) is 0 Å². The molecule has 1 aromatic heterocycles. The maximum absolute atomic E-state index is 11.2. The first kappa shape index (κ1) is 12.1. The van der Waals surface area contributed by atoms with Crippen molar-refractivity contribution in [2.45, 2.75) is 18.9 Å². The summed E-state index contributed by atoms with van der Waals surface area (Å²) in [4.78, 5) is 13.9. The number of H-pyrrole nitrogens is 1. The van der Waals surface area contributed by atoms with E-state index in [4.69, 9.17) is 10.2 Å². The summed E-state index contributed by atoms with van der Waals surface area (Å²) in [5.41, 5.74) is 11.4. The van der Waals surface area contributed by atoms with Gasteiger partial charge in [-0.2, -0.15) is 0 Å². The number of rotatable bonds is 2. The zero-order valence-corrected chi connectivity index (χ0v) is 11.3. The molecule has 4 N–H and O–H groups in total. The van der Waals surface area contributed by atoms with Gasteiger partial charge >= 0.3 is 5.76 Å². The molecular weight excluding hydrogens is 266 g/mol. The van der Waals surface area contributed by atoms with Gasteiger partial charge in [-0.1, -0.05) is 24.3 Å². The summed E-state index contributed by atoms with van der Waals surface area (Å²) in [6, 6.07) is 12.3. The summed E-state index contributed by atoms with van der Waals surface area (Å²) in [7, 11) is 0. The molecule has 0 spiro atoms. The van der Waals surface area contributed by atoms with E-state index in [1.165, 1.54) is 11.1 Å². The van der Waals surface area contributed by atoms with E-state index >= 15 is 0 Å². The Kier molecular flexibility index (Phi) is 2.54. The molecule has 1 aliphatic rings. The fourth-order valence-corrected chi connectivity index (χ4v) is 3.02. The molecule has 0 aliphatic heterocycles. The highest BCUT2D eigenvalue weighted by molar-refractivity contribution is 5.85. The molecule has 0 unspecified atom stereocenters. The monoisotopic (exact) mass is 281 g/mol. The lowest BCUT2D eigenvalue weighted by Crippen LogP contribution is -2.20. The van der Waals surface area contributed by atoms with Crippen LogP contribution in [0.15, 0.2) is 45.6 Å². The van der Waals surface area contributed by atoms with Crippen LogP contribution in [0, 0.1) is 0 Å². The minimum absolute atomic E-state index is 0.320. The summed E-state index contributed by atoms with van der Waals surface area (Å²) in [6.07, 6.45) is 1.96. The van der Waals surface area contributed by atoms with Crippen LogP contribution in [-0.2, 0) is 12.8 Å². The number of oxazole rings is 1. The number of aromatic amines is 1. The lowest BCUT2D eigenvalue weighted by atomic mass is 10.1. The van der Waals surface area contributed by atoms with Crippen LogP contribution in [0.4, 0.5) is 11.4 Å². The fourth-order valence-electron chi connectivity index (χ4n) is 3.02. The van der Waals surface area contributed by atoms with Crippen LogP contribution in [0.3, 0.4) is 0 Å². The van der Waals surface area contributed by atoms with E-state index < -0.39 is 5.76 Å². The number of nitrogen functional groups attached to an aromatic ring is 1. The van der Waals surface area contributed by atoms with Crippen LogP contribution >= 0.6 is 0 Å². The Morgan fingerprint density at radius 3 is 2.62 bits per heavy atom. The Bertz CT molecular complexity index is 854. The fraction of sp³-hybridized carbons (Fsp3) is 0.188. The van der Waals surface area contributed by atoms with E-state index in [2.05, 4.69) is 34.6 Å². The molecule has 3 aromatic rings. The average molecular weight is 281 g/mol. The maximum atomic E-state index is 11.2. The molecule has 5 nitrogen and oxygen atoms in total. The van der Waals surface area contributed by atoms with Gasteiger partial charge in [-0.3, -0.25) is 4.98 Å². The van der Waals surface area contributed by atoms with Gasteiger partial charge in [-0.05, 0) is 30.0 Å². The molecule has 21 heavy (non-hydrogen) atoms. The number of nitrogens with one attached hydrogen (secondary N) is 2. The molecule has 1 aliphatic carbocycles. The molecule has 0 saturated heterocycles. The number of benzene rings is 2. The average Bonchev–Trinajstić information content (AvgIpc) is 3.00. The number of fused-ring (bicyclic) bond motifs is 2. The Hall–Kier alpha value is -2.69. The molecule has 106 valence electrons. The zero-order valence-electron chi connectivity index (χ0n) is 11.3. The first-order valence-corrected chi connectivity index (χ1v) is 6.95. The molecule has 4 rings (SSSR count). The molecular formula is C16H15N3O2. The quantitative estimate of drug-likeness (QED) is 0.629. The predicted molar refractivity (Wildman–Crippen MR) is 82.5 cm³/mol. The van der Waals surface area contributed by atoms with Crippen LogP contribution in [0.25, 0.3) is 11.1 Å². The lowest BCUT2D eigenvalue weighted by molar-refractivity contribution is 0.555. The van der Waals surface area contributed by atoms with Crippen molar-refractivity contribution < 1.29 is 4.42 Å². The second kappa shape index (κ2) is 4.41. The Morgan fingerprint density at radius 2 is 1.90 bits per heavy atom. The van der Waals surface area contributed by atoms with E-state index in [0.717, 1.165) is 18.5 Å². The summed E-state index contributed by atoms with van der Waals surface area (Å²) < 4.78 is 5.01. The summed E-state index contributed by atoms with van der Waals surface area (Å²) in [6.45, 7) is 0. The van der Waals surface area contributed by atoms with Crippen molar-refractivity contribution in [1.82, 2.24) is 4.98 Å². The van der Waals surface area contributed by atoms with Gasteiger partial charge in [0, 0.05) is 12.1 Å². The number of hydrogen-bond donors (Lipinski definition) is 3. The SMILES string of the molecule is Nc1cc2oc(=O)[nH]c2cc1NC1Cc2ccccc2C1. The molecule has 0 radical (unpaired) electrons. The standard InChI is InChI=1S/C16H15N3O2/c17-12-7-15-14(19-16(20)21-15)8-13(12)18-11-5-9-3-1-2-4-10(9)6-11/h1-4,7-8,11,18H,5-6,17H2,(H,19,20). The van der Waals surface area contributed by atoms with E-state index in [0.29, 0.717) is 22.8 Å². The minimum Gasteiger partial charge on any atom is -0.408 e. The Morgan fingerprint density at radius 1 is 1.19 bits per heavy atom. The van der Waals surface area contributed by atoms with Crippen molar-refractivity contribution in [3.05, 3.63) is 58.1 Å². The topological polar surface area (TPSA) is 84.0 Å². The third-order valence-electron chi connectivity index (χ3n) is 4.00. The highest BCUT2D eigenvalue weighted by atomic mass is 16.4. The zero-order chi connectivity index (χ0) is 14.4. The number of hydrogen-bond acceptors (Lipinski definition) is 4. The molecule has 5 heteroatoms. The number of anilines is 2. The van der Waals surface area contributed by atoms with Crippen molar-refractivity contribution in [2.24, 2.45) is 0 Å². The molecule has 0 atom stereocenters. The summed E-state index contributed by atoms with van der Waals surface area (Å²) in [5, 5.41) is 3.47. The van der Waals surface area contributed by atoms with Crippen molar-refractivity contribution >= 4 is 22.5 Å². The van der Waals surface area contributed by atoms with Gasteiger partial charge in [0.25, 0.3) is 0 Å². The van der Waals surface area contributed by atoms with Gasteiger partial charge in [0.15, 0.2) is 5.58 Å². The second-order valence-electron chi connectivity index (χ2n) is 5.47. The largest absolute Gasteiger partial charge is 0.417 e. The van der Waals surface area contributed by atoms with Crippen molar-refractivity contribution in [3.63, 3.8) is 0 Å². The molecule has 0 saturated carbocycles. The van der Waals surface area contributed by atoms with Gasteiger partial charge in [0.2, 0.25) is 0 Å². The number of nitrogens with two attached hydrogens (primary N) is 1. The van der Waals surface area contributed by atoms with E-state index in [-0.39, 0.29) is 0 Å². The summed E-state index contributed by atoms with van der Waals surface area (Å²) in [5.74, 6) is -0.463. The van der Waals surface area contributed by atoms with Gasteiger partial charge < -0.3 is 15.5 Å². The van der Waals surface area contributed by atoms with Gasteiger partial charge in [0.1, 0.15) is 0 Å². The van der Waals surface area contributed by atoms with Crippen molar-refractivity contribution in [1.29, 1.82) is 0 Å². The highest BCUT2D eigenvalue weighted by Gasteiger charge is 2.21.